The Morgan fingerprint density at radius 3 is 2.11 bits per heavy atom. The molecule has 0 saturated carbocycles. The Kier molecular flexibility index (Phi) is 4.92. The van der Waals surface area contributed by atoms with E-state index in [9.17, 15) is 26.3 Å². The summed E-state index contributed by atoms with van der Waals surface area (Å²) in [6, 6.07) is 8.94. The molecule has 0 bridgehead atoms. The maximum Gasteiger partial charge on any atom is 0.573 e. The molecule has 11 heteroatoms. The van der Waals surface area contributed by atoms with Crippen LogP contribution < -0.4 is 9.47 Å². The highest BCUT2D eigenvalue weighted by Gasteiger charge is 2.31. The molecule has 28 heavy (non-hydrogen) atoms. The molecule has 0 amide bonds. The number of alkyl halides is 6. The summed E-state index contributed by atoms with van der Waals surface area (Å²) < 4.78 is 84.0. The van der Waals surface area contributed by atoms with E-state index in [1.807, 2.05) is 0 Å². The van der Waals surface area contributed by atoms with Gasteiger partial charge >= 0.3 is 12.5 Å². The largest absolute Gasteiger partial charge is 0.573 e. The second-order valence-corrected chi connectivity index (χ2v) is 5.55. The van der Waals surface area contributed by atoms with Crippen LogP contribution in [0.5, 0.6) is 17.4 Å². The summed E-state index contributed by atoms with van der Waals surface area (Å²) in [5, 5.41) is 8.05. The molecular formula is C17H11F6N3O2. The zero-order valence-electron chi connectivity index (χ0n) is 14.0. The van der Waals surface area contributed by atoms with Gasteiger partial charge in [0.15, 0.2) is 0 Å². The van der Waals surface area contributed by atoms with E-state index in [0.29, 0.717) is 0 Å². The summed E-state index contributed by atoms with van der Waals surface area (Å²) in [4.78, 5) is 1.06. The van der Waals surface area contributed by atoms with Gasteiger partial charge in [-0.15, -0.1) is 28.2 Å². The van der Waals surface area contributed by atoms with E-state index in [-0.39, 0.29) is 23.0 Å². The lowest BCUT2D eigenvalue weighted by atomic mass is 10.2. The van der Waals surface area contributed by atoms with Crippen molar-refractivity contribution in [3.05, 3.63) is 59.8 Å². The molecule has 0 radical (unpaired) electrons. The van der Waals surface area contributed by atoms with Gasteiger partial charge in [0.25, 0.3) is 5.88 Å². The van der Waals surface area contributed by atoms with Crippen LogP contribution in [0.4, 0.5) is 26.3 Å². The molecule has 0 atom stereocenters. The summed E-state index contributed by atoms with van der Waals surface area (Å²) in [6.45, 7) is 1.53. The molecule has 1 aromatic heterocycles. The summed E-state index contributed by atoms with van der Waals surface area (Å²) in [6.07, 6.45) is -9.32. The van der Waals surface area contributed by atoms with Crippen molar-refractivity contribution in [2.24, 2.45) is 0 Å². The van der Waals surface area contributed by atoms with E-state index in [1.54, 1.807) is 0 Å². The van der Waals surface area contributed by atoms with Crippen molar-refractivity contribution in [3.63, 3.8) is 0 Å². The average molecular weight is 403 g/mol. The average Bonchev–Trinajstić information content (AvgIpc) is 2.94. The second kappa shape index (κ2) is 7.06. The van der Waals surface area contributed by atoms with Gasteiger partial charge in [-0.1, -0.05) is 6.07 Å². The Morgan fingerprint density at radius 1 is 0.857 bits per heavy atom. The third-order valence-corrected chi connectivity index (χ3v) is 3.42. The molecule has 5 nitrogen and oxygen atoms in total. The van der Waals surface area contributed by atoms with Gasteiger partial charge in [0.2, 0.25) is 0 Å². The maximum atomic E-state index is 12.6. The summed E-state index contributed by atoms with van der Waals surface area (Å²) in [5.41, 5.74) is -0.291. The van der Waals surface area contributed by atoms with E-state index >= 15 is 0 Å². The molecule has 0 spiro atoms. The standard InChI is InChI=1S/C17H11F6N3O2/c1-10-15(27-13-3-2-4-14(9-13)28-17(21,22)23)25-26(24-10)12-7-5-11(6-8-12)16(18,19)20/h2-9H,1H3. The van der Waals surface area contributed by atoms with Crippen LogP contribution in [0.25, 0.3) is 5.69 Å². The first-order valence-electron chi connectivity index (χ1n) is 7.66. The third kappa shape index (κ3) is 4.72. The Bertz CT molecular complexity index is 964. The molecule has 0 N–H and O–H groups in total. The first kappa shape index (κ1) is 19.5. The number of ether oxygens (including phenoxy) is 2. The molecule has 0 aliphatic heterocycles. The van der Waals surface area contributed by atoms with E-state index < -0.39 is 23.9 Å². The number of hydrogen-bond donors (Lipinski definition) is 0. The lowest BCUT2D eigenvalue weighted by molar-refractivity contribution is -0.274. The summed E-state index contributed by atoms with van der Waals surface area (Å²) >= 11 is 0. The van der Waals surface area contributed by atoms with Crippen LogP contribution in [0.3, 0.4) is 0 Å². The fourth-order valence-electron chi connectivity index (χ4n) is 2.21. The van der Waals surface area contributed by atoms with Crippen LogP contribution in [0.15, 0.2) is 48.5 Å². The van der Waals surface area contributed by atoms with Crippen LogP contribution in [0.2, 0.25) is 0 Å². The first-order chi connectivity index (χ1) is 13.0. The highest BCUT2D eigenvalue weighted by atomic mass is 19.4. The molecule has 148 valence electrons. The Balaban J connectivity index is 1.80. The molecule has 0 fully saturated rings. The van der Waals surface area contributed by atoms with Gasteiger partial charge in [0.1, 0.15) is 17.2 Å². The number of nitrogens with zero attached hydrogens (tertiary/aromatic N) is 3. The van der Waals surface area contributed by atoms with Crippen molar-refractivity contribution in [1.82, 2.24) is 15.0 Å². The van der Waals surface area contributed by atoms with Crippen LogP contribution in [0.1, 0.15) is 11.3 Å². The zero-order chi connectivity index (χ0) is 20.5. The molecule has 1 heterocycles. The molecule has 0 saturated heterocycles. The van der Waals surface area contributed by atoms with E-state index in [1.165, 1.54) is 31.2 Å². The number of benzene rings is 2. The monoisotopic (exact) mass is 403 g/mol. The molecule has 0 unspecified atom stereocenters. The van der Waals surface area contributed by atoms with Gasteiger partial charge < -0.3 is 9.47 Å². The lowest BCUT2D eigenvalue weighted by Crippen LogP contribution is -2.17. The van der Waals surface area contributed by atoms with Crippen molar-refractivity contribution >= 4 is 0 Å². The second-order valence-electron chi connectivity index (χ2n) is 5.55. The number of halogens is 6. The van der Waals surface area contributed by atoms with Gasteiger partial charge in [-0.3, -0.25) is 0 Å². The van der Waals surface area contributed by atoms with Gasteiger partial charge in [-0.05, 0) is 43.3 Å². The quantitative estimate of drug-likeness (QED) is 0.556. The smallest absolute Gasteiger partial charge is 0.436 e. The first-order valence-corrected chi connectivity index (χ1v) is 7.66. The Labute approximate surface area is 154 Å². The van der Waals surface area contributed by atoms with Crippen LogP contribution >= 0.6 is 0 Å². The van der Waals surface area contributed by atoms with Gasteiger partial charge in [0, 0.05) is 6.07 Å². The van der Waals surface area contributed by atoms with Crippen molar-refractivity contribution in [2.45, 2.75) is 19.5 Å². The fourth-order valence-corrected chi connectivity index (χ4v) is 2.21. The Hall–Kier alpha value is -3.24. The van der Waals surface area contributed by atoms with Crippen LogP contribution in [0, 0.1) is 6.92 Å². The van der Waals surface area contributed by atoms with E-state index in [4.69, 9.17) is 4.74 Å². The van der Waals surface area contributed by atoms with Crippen LogP contribution in [-0.4, -0.2) is 21.4 Å². The summed E-state index contributed by atoms with van der Waals surface area (Å²) in [5.74, 6) is -0.480. The Morgan fingerprint density at radius 2 is 1.50 bits per heavy atom. The number of aryl methyl sites for hydroxylation is 1. The minimum atomic E-state index is -4.85. The highest BCUT2D eigenvalue weighted by molar-refractivity contribution is 5.37. The van der Waals surface area contributed by atoms with Crippen LogP contribution in [-0.2, 0) is 6.18 Å². The van der Waals surface area contributed by atoms with Crippen molar-refractivity contribution in [2.75, 3.05) is 0 Å². The summed E-state index contributed by atoms with van der Waals surface area (Å²) in [7, 11) is 0. The predicted octanol–water partition coefficient (Wildman–Crippen LogP) is 5.29. The number of rotatable bonds is 4. The number of aromatic nitrogens is 3. The third-order valence-electron chi connectivity index (χ3n) is 3.42. The maximum absolute atomic E-state index is 12.6. The highest BCUT2D eigenvalue weighted by Crippen LogP contribution is 2.31. The SMILES string of the molecule is Cc1nn(-c2ccc(C(F)(F)F)cc2)nc1Oc1cccc(OC(F)(F)F)c1. The molecule has 0 aliphatic carbocycles. The minimum absolute atomic E-state index is 0.0179. The molecule has 2 aromatic carbocycles. The molecule has 3 aromatic rings. The van der Waals surface area contributed by atoms with Crippen molar-refractivity contribution in [1.29, 1.82) is 0 Å². The fraction of sp³-hybridized carbons (Fsp3) is 0.176. The predicted molar refractivity (Wildman–Crippen MR) is 84.3 cm³/mol. The zero-order valence-corrected chi connectivity index (χ0v) is 14.0. The van der Waals surface area contributed by atoms with Gasteiger partial charge in [0.05, 0.1) is 11.3 Å². The van der Waals surface area contributed by atoms with E-state index in [0.717, 1.165) is 29.1 Å². The van der Waals surface area contributed by atoms with Crippen molar-refractivity contribution in [3.8, 4) is 23.1 Å². The normalized spacial score (nSPS) is 12.1. The van der Waals surface area contributed by atoms with Gasteiger partial charge in [-0.2, -0.15) is 13.2 Å². The van der Waals surface area contributed by atoms with E-state index in [2.05, 4.69) is 14.9 Å². The lowest BCUT2D eigenvalue weighted by Gasteiger charge is -2.10. The topological polar surface area (TPSA) is 49.2 Å². The number of hydrogen-bond acceptors (Lipinski definition) is 4. The molecule has 3 rings (SSSR count). The molecule has 0 aliphatic rings. The van der Waals surface area contributed by atoms with Crippen molar-refractivity contribution < 1.29 is 35.8 Å². The molecular weight excluding hydrogens is 392 g/mol. The minimum Gasteiger partial charge on any atom is -0.436 e. The van der Waals surface area contributed by atoms with Gasteiger partial charge in [-0.25, -0.2) is 0 Å².